The number of carboxylic acid groups (broad SMARTS) is 1. The van der Waals surface area contributed by atoms with Crippen LogP contribution in [-0.2, 0) is 14.4 Å². The molecular weight excluding hydrogens is 328 g/mol. The molecule has 1 atom stereocenters. The van der Waals surface area contributed by atoms with Gasteiger partial charge in [0.15, 0.2) is 0 Å². The summed E-state index contributed by atoms with van der Waals surface area (Å²) < 4.78 is 0. The second-order valence-electron chi connectivity index (χ2n) is 6.20. The molecule has 9 nitrogen and oxygen atoms in total. The molecular formula is C16H32N4O5. The van der Waals surface area contributed by atoms with E-state index in [1.807, 2.05) is 26.3 Å². The number of hydroxylamine groups is 1. The Hall–Kier alpha value is -1.71. The van der Waals surface area contributed by atoms with Gasteiger partial charge in [-0.05, 0) is 38.4 Å². The largest absolute Gasteiger partial charge is 0.480 e. The highest BCUT2D eigenvalue weighted by atomic mass is 16.5. The van der Waals surface area contributed by atoms with Gasteiger partial charge in [-0.1, -0.05) is 20.8 Å². The van der Waals surface area contributed by atoms with E-state index in [0.29, 0.717) is 19.4 Å². The van der Waals surface area contributed by atoms with Crippen LogP contribution in [0.25, 0.3) is 0 Å². The Bertz CT molecular complexity index is 417. The summed E-state index contributed by atoms with van der Waals surface area (Å²) in [5, 5.41) is 22.6. The lowest BCUT2D eigenvalue weighted by Gasteiger charge is -2.21. The molecule has 0 radical (unpaired) electrons. The standard InChI is InChI=1S/C16H32N4O5/c1-4-20(9-5-7-13(21)18-11-14(22)23)10-6-8-17-16(24)15(19-25)12(2)3/h12,15,19,25H,4-11H2,1-3H3,(H,17,24)(H,18,21)(H,22,23)/t15-/m0/s1. The summed E-state index contributed by atoms with van der Waals surface area (Å²) in [6.07, 6.45) is 1.70. The van der Waals surface area contributed by atoms with Crippen molar-refractivity contribution in [3.63, 3.8) is 0 Å². The van der Waals surface area contributed by atoms with Crippen LogP contribution in [-0.4, -0.2) is 71.8 Å². The van der Waals surface area contributed by atoms with E-state index in [-0.39, 0.29) is 24.3 Å². The molecule has 0 saturated heterocycles. The molecule has 0 fully saturated rings. The van der Waals surface area contributed by atoms with Gasteiger partial charge in [0, 0.05) is 13.0 Å². The molecule has 146 valence electrons. The summed E-state index contributed by atoms with van der Waals surface area (Å²) in [6.45, 7) is 8.22. The fraction of sp³-hybridized carbons (Fsp3) is 0.812. The van der Waals surface area contributed by atoms with Crippen LogP contribution in [0.15, 0.2) is 0 Å². The van der Waals surface area contributed by atoms with Crippen molar-refractivity contribution in [2.75, 3.05) is 32.7 Å². The van der Waals surface area contributed by atoms with Gasteiger partial charge >= 0.3 is 5.97 Å². The second-order valence-corrected chi connectivity index (χ2v) is 6.20. The van der Waals surface area contributed by atoms with E-state index >= 15 is 0 Å². The number of hydrogen-bond acceptors (Lipinski definition) is 6. The minimum absolute atomic E-state index is 0.00980. The highest BCUT2D eigenvalue weighted by Crippen LogP contribution is 2.01. The highest BCUT2D eigenvalue weighted by Gasteiger charge is 2.20. The van der Waals surface area contributed by atoms with E-state index in [4.69, 9.17) is 10.3 Å². The van der Waals surface area contributed by atoms with Gasteiger partial charge in [0.05, 0.1) is 0 Å². The average molecular weight is 360 g/mol. The van der Waals surface area contributed by atoms with Crippen LogP contribution in [0.2, 0.25) is 0 Å². The van der Waals surface area contributed by atoms with Gasteiger partial charge in [0.1, 0.15) is 12.6 Å². The predicted octanol–water partition coefficient (Wildman–Crippen LogP) is -0.201. The van der Waals surface area contributed by atoms with Crippen LogP contribution >= 0.6 is 0 Å². The van der Waals surface area contributed by atoms with Crippen LogP contribution < -0.4 is 16.1 Å². The van der Waals surface area contributed by atoms with E-state index in [9.17, 15) is 14.4 Å². The van der Waals surface area contributed by atoms with E-state index in [0.717, 1.165) is 26.1 Å². The molecule has 9 heteroatoms. The minimum atomic E-state index is -1.05. The third kappa shape index (κ3) is 11.5. The number of nitrogens with one attached hydrogen (secondary N) is 3. The zero-order valence-corrected chi connectivity index (χ0v) is 15.4. The summed E-state index contributed by atoms with van der Waals surface area (Å²) in [7, 11) is 0. The Labute approximate surface area is 149 Å². The number of aliphatic carboxylic acids is 1. The Morgan fingerprint density at radius 1 is 1.08 bits per heavy atom. The Morgan fingerprint density at radius 3 is 2.24 bits per heavy atom. The van der Waals surface area contributed by atoms with Gasteiger partial charge in [-0.25, -0.2) is 0 Å². The first kappa shape index (κ1) is 23.3. The first-order valence-electron chi connectivity index (χ1n) is 8.69. The summed E-state index contributed by atoms with van der Waals surface area (Å²) in [6, 6.07) is -0.619. The van der Waals surface area contributed by atoms with Crippen molar-refractivity contribution in [3.05, 3.63) is 0 Å². The van der Waals surface area contributed by atoms with Crippen molar-refractivity contribution >= 4 is 17.8 Å². The number of amides is 2. The number of hydrogen-bond donors (Lipinski definition) is 5. The summed E-state index contributed by atoms with van der Waals surface area (Å²) in [5.41, 5.74) is 2.02. The zero-order chi connectivity index (χ0) is 19.2. The Balaban J connectivity index is 3.90. The van der Waals surface area contributed by atoms with Gasteiger partial charge in [-0.3, -0.25) is 14.4 Å². The van der Waals surface area contributed by atoms with Crippen molar-refractivity contribution in [3.8, 4) is 0 Å². The van der Waals surface area contributed by atoms with Crippen LogP contribution in [0.1, 0.15) is 40.0 Å². The van der Waals surface area contributed by atoms with Gasteiger partial charge in [0.25, 0.3) is 0 Å². The van der Waals surface area contributed by atoms with Crippen molar-refractivity contribution in [1.82, 2.24) is 21.0 Å². The summed E-state index contributed by atoms with van der Waals surface area (Å²) in [5.74, 6) is -1.55. The lowest BCUT2D eigenvalue weighted by Crippen LogP contribution is -2.46. The molecule has 0 aromatic carbocycles. The normalized spacial score (nSPS) is 12.2. The molecule has 0 rings (SSSR count). The molecule has 0 aliphatic carbocycles. The summed E-state index contributed by atoms with van der Waals surface area (Å²) >= 11 is 0. The number of carboxylic acids is 1. The quantitative estimate of drug-likeness (QED) is 0.214. The maximum atomic E-state index is 11.9. The Kier molecular flexibility index (Phi) is 12.6. The van der Waals surface area contributed by atoms with Crippen LogP contribution in [0.5, 0.6) is 0 Å². The van der Waals surface area contributed by atoms with Crippen LogP contribution in [0.3, 0.4) is 0 Å². The molecule has 0 aliphatic rings. The second kappa shape index (κ2) is 13.6. The number of carbonyl (C=O) groups is 3. The van der Waals surface area contributed by atoms with Crippen molar-refractivity contribution in [2.45, 2.75) is 46.1 Å². The fourth-order valence-corrected chi connectivity index (χ4v) is 2.29. The van der Waals surface area contributed by atoms with Gasteiger partial charge < -0.3 is 25.8 Å². The maximum Gasteiger partial charge on any atom is 0.322 e. The monoisotopic (exact) mass is 360 g/mol. The molecule has 0 unspecified atom stereocenters. The number of carbonyl (C=O) groups excluding carboxylic acids is 2. The van der Waals surface area contributed by atoms with E-state index in [2.05, 4.69) is 15.5 Å². The minimum Gasteiger partial charge on any atom is -0.480 e. The molecule has 0 aromatic heterocycles. The van der Waals surface area contributed by atoms with E-state index in [1.54, 1.807) is 0 Å². The van der Waals surface area contributed by atoms with Gasteiger partial charge in [-0.15, -0.1) is 0 Å². The molecule has 0 heterocycles. The van der Waals surface area contributed by atoms with Gasteiger partial charge in [-0.2, -0.15) is 5.48 Å². The molecule has 0 aliphatic heterocycles. The first-order valence-corrected chi connectivity index (χ1v) is 8.69. The predicted molar refractivity (Wildman–Crippen MR) is 93.2 cm³/mol. The third-order valence-corrected chi connectivity index (χ3v) is 3.80. The van der Waals surface area contributed by atoms with Crippen molar-refractivity contribution in [2.24, 2.45) is 5.92 Å². The Morgan fingerprint density at radius 2 is 1.72 bits per heavy atom. The molecule has 5 N–H and O–H groups in total. The highest BCUT2D eigenvalue weighted by molar-refractivity contribution is 5.82. The number of nitrogens with zero attached hydrogens (tertiary/aromatic N) is 1. The smallest absolute Gasteiger partial charge is 0.322 e. The van der Waals surface area contributed by atoms with Crippen molar-refractivity contribution < 1.29 is 24.7 Å². The van der Waals surface area contributed by atoms with Crippen molar-refractivity contribution in [1.29, 1.82) is 0 Å². The lowest BCUT2D eigenvalue weighted by molar-refractivity contribution is -0.138. The first-order chi connectivity index (χ1) is 11.8. The fourth-order valence-electron chi connectivity index (χ4n) is 2.29. The molecule has 0 bridgehead atoms. The van der Waals surface area contributed by atoms with Crippen LogP contribution in [0, 0.1) is 5.92 Å². The summed E-state index contributed by atoms with van der Waals surface area (Å²) in [4.78, 5) is 35.8. The van der Waals surface area contributed by atoms with E-state index in [1.165, 1.54) is 0 Å². The van der Waals surface area contributed by atoms with Gasteiger partial charge in [0.2, 0.25) is 11.8 Å². The molecule has 0 aromatic rings. The number of rotatable bonds is 14. The molecule has 0 saturated carbocycles. The van der Waals surface area contributed by atoms with E-state index < -0.39 is 12.0 Å². The zero-order valence-electron chi connectivity index (χ0n) is 15.4. The third-order valence-electron chi connectivity index (χ3n) is 3.80. The maximum absolute atomic E-state index is 11.9. The molecule has 25 heavy (non-hydrogen) atoms. The molecule has 2 amide bonds. The SMILES string of the molecule is CCN(CCCNC(=O)[C@@H](NO)C(C)C)CCCC(=O)NCC(=O)O. The topological polar surface area (TPSA) is 131 Å². The lowest BCUT2D eigenvalue weighted by atomic mass is 10.0. The van der Waals surface area contributed by atoms with Crippen LogP contribution in [0.4, 0.5) is 0 Å². The molecule has 0 spiro atoms. The average Bonchev–Trinajstić information content (AvgIpc) is 2.55.